The lowest BCUT2D eigenvalue weighted by Gasteiger charge is -2.46. The van der Waals surface area contributed by atoms with Crippen LogP contribution < -0.4 is 9.47 Å². The highest BCUT2D eigenvalue weighted by molar-refractivity contribution is 5.97. The van der Waals surface area contributed by atoms with Gasteiger partial charge in [-0.1, -0.05) is 24.2 Å². The van der Waals surface area contributed by atoms with E-state index >= 15 is 0 Å². The fourth-order valence-corrected chi connectivity index (χ4v) is 4.13. The Morgan fingerprint density at radius 1 is 1.28 bits per heavy atom. The van der Waals surface area contributed by atoms with Crippen LogP contribution in [-0.2, 0) is 16.0 Å². The minimum Gasteiger partial charge on any atom is -0.454 e. The summed E-state index contributed by atoms with van der Waals surface area (Å²) in [6.45, 7) is -6.50. The average molecular weight is 398 g/mol. The molecular formula is C22H19N3O4. The number of nitrogens with zero attached hydrogens (tertiary/aromatic N) is 2. The highest BCUT2D eigenvalue weighted by atomic mass is 16.7. The number of para-hydroxylation sites is 1. The van der Waals surface area contributed by atoms with Crippen LogP contribution in [0.3, 0.4) is 0 Å². The molecule has 0 radical (unpaired) electrons. The average Bonchev–Trinajstić information content (AvgIpc) is 3.37. The second kappa shape index (κ2) is 5.76. The molecule has 3 aliphatic heterocycles. The zero-order chi connectivity index (χ0) is 27.5. The summed E-state index contributed by atoms with van der Waals surface area (Å²) in [7, 11) is 0. The van der Waals surface area contributed by atoms with Crippen LogP contribution in [0, 0.1) is 0 Å². The van der Waals surface area contributed by atoms with Gasteiger partial charge < -0.3 is 24.3 Å². The van der Waals surface area contributed by atoms with Crippen molar-refractivity contribution in [3.05, 3.63) is 59.2 Å². The van der Waals surface area contributed by atoms with Crippen LogP contribution in [0.1, 0.15) is 35.2 Å². The van der Waals surface area contributed by atoms with Crippen molar-refractivity contribution >= 4 is 22.7 Å². The largest absolute Gasteiger partial charge is 0.454 e. The summed E-state index contributed by atoms with van der Waals surface area (Å²) in [6, 6.07) is 0.936. The fourth-order valence-electron chi connectivity index (χ4n) is 4.13. The smallest absolute Gasteiger partial charge is 0.245 e. The first-order valence-corrected chi connectivity index (χ1v) is 8.92. The number of carbonyl (C=O) groups excluding carboxylic acids is 2. The molecular weight excluding hydrogens is 370 g/mol. The third-order valence-electron chi connectivity index (χ3n) is 5.38. The molecule has 1 saturated heterocycles. The van der Waals surface area contributed by atoms with E-state index in [0.717, 1.165) is 4.90 Å². The summed E-state index contributed by atoms with van der Waals surface area (Å²) in [4.78, 5) is 31.5. The van der Waals surface area contributed by atoms with Crippen molar-refractivity contribution in [3.8, 4) is 11.5 Å². The van der Waals surface area contributed by atoms with Crippen molar-refractivity contribution in [2.24, 2.45) is 0 Å². The van der Waals surface area contributed by atoms with Crippen LogP contribution in [0.25, 0.3) is 10.9 Å². The van der Waals surface area contributed by atoms with Gasteiger partial charge in [0.25, 0.3) is 0 Å². The molecule has 0 unspecified atom stereocenters. The Morgan fingerprint density at radius 2 is 2.14 bits per heavy atom. The van der Waals surface area contributed by atoms with Gasteiger partial charge in [-0.05, 0) is 29.3 Å². The van der Waals surface area contributed by atoms with Gasteiger partial charge in [0.05, 0.1) is 18.0 Å². The summed E-state index contributed by atoms with van der Waals surface area (Å²) in [5, 5.41) is 0.603. The number of hydrogen-bond donors (Lipinski definition) is 1. The number of ether oxygens (including phenoxy) is 2. The maximum atomic E-state index is 13.6. The van der Waals surface area contributed by atoms with Crippen molar-refractivity contribution < 1.29 is 31.4 Å². The third-order valence-corrected chi connectivity index (χ3v) is 5.38. The van der Waals surface area contributed by atoms with E-state index in [1.165, 1.54) is 0 Å². The van der Waals surface area contributed by atoms with Crippen LogP contribution in [-0.4, -0.2) is 52.9 Å². The molecule has 3 aromatic rings. The lowest BCUT2D eigenvalue weighted by Crippen LogP contribution is -2.62. The van der Waals surface area contributed by atoms with E-state index in [2.05, 4.69) is 4.98 Å². The molecule has 1 N–H and O–H groups in total. The number of amides is 2. The topological polar surface area (TPSA) is 74.9 Å². The Labute approximate surface area is 179 Å². The van der Waals surface area contributed by atoms with Gasteiger partial charge in [0.15, 0.2) is 11.5 Å². The molecule has 7 nitrogen and oxygen atoms in total. The molecule has 2 amide bonds. The highest BCUT2D eigenvalue weighted by Crippen LogP contribution is 2.44. The van der Waals surface area contributed by atoms with E-state index in [1.54, 1.807) is 24.3 Å². The number of piperazine rings is 1. The second-order valence-electron chi connectivity index (χ2n) is 6.98. The molecule has 0 bridgehead atoms. The Kier molecular flexibility index (Phi) is 1.95. The second-order valence-corrected chi connectivity index (χ2v) is 6.98. The van der Waals surface area contributed by atoms with Crippen LogP contribution >= 0.6 is 0 Å². The van der Waals surface area contributed by atoms with E-state index in [9.17, 15) is 11.0 Å². The number of fused-ring (bicyclic) bond motifs is 5. The molecule has 1 fully saturated rings. The van der Waals surface area contributed by atoms with E-state index < -0.39 is 79.3 Å². The van der Waals surface area contributed by atoms with E-state index in [-0.39, 0.29) is 12.1 Å². The Balaban J connectivity index is 1.68. The molecule has 2 aromatic carbocycles. The molecule has 4 heterocycles. The number of nitrogens with one attached hydrogen (secondary N) is 1. The minimum absolute atomic E-state index is 0.0710. The predicted molar refractivity (Wildman–Crippen MR) is 105 cm³/mol. The minimum atomic E-state index is -2.91. The summed E-state index contributed by atoms with van der Waals surface area (Å²) in [6.07, 6.45) is -0.126. The van der Waals surface area contributed by atoms with Crippen LogP contribution in [0.5, 0.6) is 11.5 Å². The number of hydrogen-bond acceptors (Lipinski definition) is 4. The molecule has 29 heavy (non-hydrogen) atoms. The lowest BCUT2D eigenvalue weighted by atomic mass is 9.86. The summed E-state index contributed by atoms with van der Waals surface area (Å²) in [5.41, 5.74) is 0.525. The monoisotopic (exact) mass is 398 g/mol. The zero-order valence-corrected chi connectivity index (χ0v) is 14.8. The zero-order valence-electron chi connectivity index (χ0n) is 23.8. The maximum Gasteiger partial charge on any atom is 0.245 e. The molecule has 0 saturated carbocycles. The molecule has 1 aromatic heterocycles. The van der Waals surface area contributed by atoms with Gasteiger partial charge >= 0.3 is 0 Å². The van der Waals surface area contributed by atoms with Gasteiger partial charge in [0.2, 0.25) is 18.6 Å². The number of benzene rings is 2. The van der Waals surface area contributed by atoms with E-state index in [1.807, 2.05) is 0 Å². The van der Waals surface area contributed by atoms with Crippen molar-refractivity contribution in [3.63, 3.8) is 0 Å². The first-order valence-electron chi connectivity index (χ1n) is 13.4. The van der Waals surface area contributed by atoms with Crippen molar-refractivity contribution in [2.45, 2.75) is 18.5 Å². The Hall–Kier alpha value is -3.48. The molecule has 0 aliphatic carbocycles. The van der Waals surface area contributed by atoms with Crippen molar-refractivity contribution in [2.75, 3.05) is 20.3 Å². The fraction of sp³-hybridized carbons (Fsp3) is 0.273. The van der Waals surface area contributed by atoms with Gasteiger partial charge in [-0.2, -0.15) is 0 Å². The molecule has 7 heteroatoms. The summed E-state index contributed by atoms with van der Waals surface area (Å²) < 4.78 is 84.5. The lowest BCUT2D eigenvalue weighted by molar-refractivity contribution is -0.157. The molecule has 146 valence electrons. The number of carbonyl (C=O) groups is 2. The maximum absolute atomic E-state index is 13.6. The van der Waals surface area contributed by atoms with Crippen molar-refractivity contribution in [1.82, 2.24) is 14.8 Å². The number of likely N-dealkylation sites (N-methyl/N-ethyl adjacent to an activating group) is 1. The van der Waals surface area contributed by atoms with E-state index in [4.69, 9.17) is 20.4 Å². The number of aromatic amines is 1. The number of aromatic nitrogens is 1. The molecule has 3 aliphatic rings. The van der Waals surface area contributed by atoms with Gasteiger partial charge in [0, 0.05) is 34.1 Å². The third kappa shape index (κ3) is 2.24. The van der Waals surface area contributed by atoms with Crippen LogP contribution in [0.2, 0.25) is 0 Å². The molecule has 6 rings (SSSR count). The predicted octanol–water partition coefficient (Wildman–Crippen LogP) is 2.21. The van der Waals surface area contributed by atoms with Crippen LogP contribution in [0.15, 0.2) is 42.4 Å². The van der Waals surface area contributed by atoms with Gasteiger partial charge in [-0.15, -0.1) is 0 Å². The first kappa shape index (κ1) is 9.82. The Morgan fingerprint density at radius 3 is 3.03 bits per heavy atom. The summed E-state index contributed by atoms with van der Waals surface area (Å²) >= 11 is 0. The quantitative estimate of drug-likeness (QED) is 0.682. The SMILES string of the molecule is [2H]c1c([2H])c([C@]2([2H])c3[nH]c4ccccc4c3C[C@@H]3C(=O)N(C([2H])([2H])[2H])CC(=O)N32)c([2H])c2c1OC([2H])([2H])O2. The highest BCUT2D eigenvalue weighted by Gasteiger charge is 2.47. The van der Waals surface area contributed by atoms with Crippen molar-refractivity contribution in [1.29, 1.82) is 0 Å². The first-order chi connectivity index (χ1) is 17.7. The van der Waals surface area contributed by atoms with Gasteiger partial charge in [-0.25, -0.2) is 0 Å². The molecule has 2 atom stereocenters. The number of H-pyrrole nitrogens is 1. The number of rotatable bonds is 1. The van der Waals surface area contributed by atoms with E-state index in [0.29, 0.717) is 21.4 Å². The summed E-state index contributed by atoms with van der Waals surface area (Å²) in [5.74, 6) is -2.82. The van der Waals surface area contributed by atoms with Gasteiger partial charge in [-0.3, -0.25) is 9.59 Å². The van der Waals surface area contributed by atoms with Crippen LogP contribution in [0.4, 0.5) is 0 Å². The standard InChI is InChI=1S/C22H19N3O4/c1-24-10-19(26)25-16(22(24)27)9-14-13-4-2-3-5-15(13)23-20(14)21(25)12-6-7-17-18(8-12)29-11-28-17/h2-8,16,21,23H,9-11H2,1H3/t16-,21-/m1/s1/i1D3,6D,7D,8D,11D2,21D. The Bertz CT molecular complexity index is 1570. The molecule has 0 spiro atoms. The normalized spacial score (nSPS) is 32.0. The van der Waals surface area contributed by atoms with Gasteiger partial charge in [0.1, 0.15) is 8.78 Å².